The first-order valence-corrected chi connectivity index (χ1v) is 5.81. The third-order valence-electron chi connectivity index (χ3n) is 3.59. The quantitative estimate of drug-likeness (QED) is 0.760. The second-order valence-corrected chi connectivity index (χ2v) is 4.75. The van der Waals surface area contributed by atoms with E-state index in [1.165, 1.54) is 6.42 Å². The second-order valence-electron chi connectivity index (χ2n) is 4.75. The molecule has 0 unspecified atom stereocenters. The minimum Gasteiger partial charge on any atom is -0.353 e. The highest BCUT2D eigenvalue weighted by Crippen LogP contribution is 2.27. The molecule has 0 saturated heterocycles. The van der Waals surface area contributed by atoms with Gasteiger partial charge >= 0.3 is 0 Å². The molecule has 0 aromatic heterocycles. The van der Waals surface area contributed by atoms with Gasteiger partial charge in [0.2, 0.25) is 5.91 Å². The Morgan fingerprint density at radius 1 is 1.07 bits per heavy atom. The van der Waals surface area contributed by atoms with Gasteiger partial charge in [-0.1, -0.05) is 6.42 Å². The van der Waals surface area contributed by atoms with E-state index in [1.807, 2.05) is 0 Å². The van der Waals surface area contributed by atoms with Gasteiger partial charge in [-0.2, -0.15) is 0 Å². The fraction of sp³-hybridized carbons (Fsp3) is 0.909. The Bertz CT molecular complexity index is 211. The van der Waals surface area contributed by atoms with Crippen molar-refractivity contribution in [2.24, 2.45) is 11.7 Å². The molecule has 1 amide bonds. The van der Waals surface area contributed by atoms with Crippen molar-refractivity contribution in [2.45, 2.75) is 57.0 Å². The monoisotopic (exact) mass is 232 g/mol. The van der Waals surface area contributed by atoms with Crippen molar-refractivity contribution in [1.82, 2.24) is 5.32 Å². The van der Waals surface area contributed by atoms with Gasteiger partial charge in [0.15, 0.2) is 0 Å². The van der Waals surface area contributed by atoms with Crippen molar-refractivity contribution in [3.05, 3.63) is 0 Å². The Kier molecular flexibility index (Phi) is 4.87. The van der Waals surface area contributed by atoms with Gasteiger partial charge in [0.25, 0.3) is 0 Å². The Hall–Kier alpha value is -0.280. The summed E-state index contributed by atoms with van der Waals surface area (Å²) in [6.07, 6.45) is 7.69. The summed E-state index contributed by atoms with van der Waals surface area (Å²) in [6.45, 7) is 0. The van der Waals surface area contributed by atoms with E-state index in [2.05, 4.69) is 5.32 Å². The van der Waals surface area contributed by atoms with Crippen LogP contribution in [-0.4, -0.2) is 18.0 Å². The number of nitrogens with one attached hydrogen (secondary N) is 1. The van der Waals surface area contributed by atoms with Gasteiger partial charge < -0.3 is 11.1 Å². The molecule has 0 aliphatic heterocycles. The van der Waals surface area contributed by atoms with E-state index < -0.39 is 0 Å². The van der Waals surface area contributed by atoms with Crippen LogP contribution in [0.4, 0.5) is 0 Å². The fourth-order valence-electron chi connectivity index (χ4n) is 2.25. The van der Waals surface area contributed by atoms with Gasteiger partial charge in [-0.05, 0) is 38.5 Å². The van der Waals surface area contributed by atoms with Crippen LogP contribution in [0.5, 0.6) is 0 Å². The Morgan fingerprint density at radius 3 is 2.13 bits per heavy atom. The van der Waals surface area contributed by atoms with Crippen LogP contribution in [0.2, 0.25) is 0 Å². The SMILES string of the molecule is Cl.NC1CCC(NC(=O)C2CCC2)CC1. The number of halogens is 1. The molecule has 0 heterocycles. The molecule has 0 radical (unpaired) electrons. The van der Waals surface area contributed by atoms with E-state index >= 15 is 0 Å². The maximum Gasteiger partial charge on any atom is 0.223 e. The number of hydrogen-bond acceptors (Lipinski definition) is 2. The fourth-order valence-corrected chi connectivity index (χ4v) is 2.25. The summed E-state index contributed by atoms with van der Waals surface area (Å²) < 4.78 is 0. The molecule has 0 aromatic carbocycles. The minimum absolute atomic E-state index is 0. The van der Waals surface area contributed by atoms with Crippen LogP contribution in [0.3, 0.4) is 0 Å². The Labute approximate surface area is 97.6 Å². The first-order chi connectivity index (χ1) is 6.75. The molecule has 0 atom stereocenters. The van der Waals surface area contributed by atoms with E-state index in [-0.39, 0.29) is 18.3 Å². The van der Waals surface area contributed by atoms with Crippen LogP contribution in [0, 0.1) is 5.92 Å². The van der Waals surface area contributed by atoms with Crippen molar-refractivity contribution in [2.75, 3.05) is 0 Å². The Balaban J connectivity index is 0.00000112. The lowest BCUT2D eigenvalue weighted by atomic mass is 9.84. The molecule has 2 aliphatic carbocycles. The molecule has 15 heavy (non-hydrogen) atoms. The summed E-state index contributed by atoms with van der Waals surface area (Å²) in [4.78, 5) is 11.6. The first kappa shape index (κ1) is 12.8. The molecule has 0 spiro atoms. The van der Waals surface area contributed by atoms with Gasteiger partial charge in [-0.15, -0.1) is 12.4 Å². The van der Waals surface area contributed by atoms with Crippen LogP contribution in [0.15, 0.2) is 0 Å². The third-order valence-corrected chi connectivity index (χ3v) is 3.59. The second kappa shape index (κ2) is 5.71. The highest BCUT2D eigenvalue weighted by molar-refractivity contribution is 5.85. The van der Waals surface area contributed by atoms with Crippen LogP contribution in [-0.2, 0) is 4.79 Å². The summed E-state index contributed by atoms with van der Waals surface area (Å²) >= 11 is 0. The van der Waals surface area contributed by atoms with E-state index in [9.17, 15) is 4.79 Å². The molecule has 88 valence electrons. The topological polar surface area (TPSA) is 55.1 Å². The van der Waals surface area contributed by atoms with Gasteiger partial charge in [-0.3, -0.25) is 4.79 Å². The lowest BCUT2D eigenvalue weighted by Gasteiger charge is -2.30. The number of amides is 1. The summed E-state index contributed by atoms with van der Waals surface area (Å²) in [5.41, 5.74) is 5.81. The molecular weight excluding hydrogens is 212 g/mol. The molecule has 2 rings (SSSR count). The molecule has 3 N–H and O–H groups in total. The highest BCUT2D eigenvalue weighted by atomic mass is 35.5. The third kappa shape index (κ3) is 3.35. The number of nitrogens with two attached hydrogens (primary N) is 1. The van der Waals surface area contributed by atoms with Crippen LogP contribution in [0.25, 0.3) is 0 Å². The van der Waals surface area contributed by atoms with E-state index in [0.717, 1.165) is 38.5 Å². The molecule has 0 bridgehead atoms. The van der Waals surface area contributed by atoms with Crippen LogP contribution >= 0.6 is 12.4 Å². The first-order valence-electron chi connectivity index (χ1n) is 5.81. The molecule has 4 heteroatoms. The lowest BCUT2D eigenvalue weighted by molar-refractivity contribution is -0.128. The normalized spacial score (nSPS) is 31.3. The predicted octanol–water partition coefficient (Wildman–Crippen LogP) is 1.59. The Morgan fingerprint density at radius 2 is 1.67 bits per heavy atom. The van der Waals surface area contributed by atoms with Crippen LogP contribution in [0.1, 0.15) is 44.9 Å². The largest absolute Gasteiger partial charge is 0.353 e. The van der Waals surface area contributed by atoms with Crippen molar-refractivity contribution in [3.63, 3.8) is 0 Å². The molecule has 2 aliphatic rings. The summed E-state index contributed by atoms with van der Waals surface area (Å²) in [6, 6.07) is 0.773. The number of carbonyl (C=O) groups is 1. The van der Waals surface area contributed by atoms with E-state index in [0.29, 0.717) is 18.0 Å². The zero-order valence-corrected chi connectivity index (χ0v) is 9.89. The number of carbonyl (C=O) groups excluding carboxylic acids is 1. The van der Waals surface area contributed by atoms with Gasteiger partial charge in [0.05, 0.1) is 0 Å². The van der Waals surface area contributed by atoms with Gasteiger partial charge in [0.1, 0.15) is 0 Å². The smallest absolute Gasteiger partial charge is 0.223 e. The average molecular weight is 233 g/mol. The summed E-state index contributed by atoms with van der Waals surface area (Å²) in [7, 11) is 0. The molecule has 2 fully saturated rings. The van der Waals surface area contributed by atoms with E-state index in [4.69, 9.17) is 5.73 Å². The van der Waals surface area contributed by atoms with Gasteiger partial charge in [-0.25, -0.2) is 0 Å². The molecule has 3 nitrogen and oxygen atoms in total. The molecule has 2 saturated carbocycles. The maximum atomic E-state index is 11.6. The van der Waals surface area contributed by atoms with Crippen molar-refractivity contribution in [3.8, 4) is 0 Å². The van der Waals surface area contributed by atoms with Crippen molar-refractivity contribution < 1.29 is 4.79 Å². The molecule has 0 aromatic rings. The lowest BCUT2D eigenvalue weighted by Crippen LogP contribution is -2.44. The van der Waals surface area contributed by atoms with E-state index in [1.54, 1.807) is 0 Å². The highest BCUT2D eigenvalue weighted by Gasteiger charge is 2.28. The zero-order chi connectivity index (χ0) is 9.97. The maximum absolute atomic E-state index is 11.6. The summed E-state index contributed by atoms with van der Waals surface area (Å²) in [5.74, 6) is 0.613. The summed E-state index contributed by atoms with van der Waals surface area (Å²) in [5, 5.41) is 3.15. The minimum atomic E-state index is 0. The molecular formula is C11H21ClN2O. The number of rotatable bonds is 2. The van der Waals surface area contributed by atoms with Crippen LogP contribution < -0.4 is 11.1 Å². The zero-order valence-electron chi connectivity index (χ0n) is 9.08. The predicted molar refractivity (Wildman–Crippen MR) is 63.0 cm³/mol. The van der Waals surface area contributed by atoms with Crippen molar-refractivity contribution in [1.29, 1.82) is 0 Å². The number of hydrogen-bond donors (Lipinski definition) is 2. The standard InChI is InChI=1S/C11H20N2O.ClH/c12-9-4-6-10(7-5-9)13-11(14)8-2-1-3-8;/h8-10H,1-7,12H2,(H,13,14);1H. The average Bonchev–Trinajstić information content (AvgIpc) is 2.06. The van der Waals surface area contributed by atoms with Crippen molar-refractivity contribution >= 4 is 18.3 Å². The van der Waals surface area contributed by atoms with Gasteiger partial charge in [0, 0.05) is 18.0 Å².